The zero-order chi connectivity index (χ0) is 16.0. The maximum Gasteiger partial charge on any atom is 0.323 e. The van der Waals surface area contributed by atoms with Crippen molar-refractivity contribution in [3.63, 3.8) is 0 Å². The fourth-order valence-corrected chi connectivity index (χ4v) is 1.44. The molecule has 1 rings (SSSR count). The van der Waals surface area contributed by atoms with Gasteiger partial charge in [-0.15, -0.1) is 0 Å². The van der Waals surface area contributed by atoms with Crippen molar-refractivity contribution >= 4 is 17.6 Å². The normalized spacial score (nSPS) is 9.81. The average Bonchev–Trinajstić information content (AvgIpc) is 2.43. The lowest BCUT2D eigenvalue weighted by atomic mass is 10.3. The Morgan fingerprint density at radius 2 is 2.10 bits per heavy atom. The lowest BCUT2D eigenvalue weighted by molar-refractivity contribution is -0.385. The Labute approximate surface area is 119 Å². The molecule has 9 nitrogen and oxygen atoms in total. The number of benzene rings is 1. The van der Waals surface area contributed by atoms with E-state index in [0.717, 1.165) is 4.90 Å². The van der Waals surface area contributed by atoms with Gasteiger partial charge in [-0.05, 0) is 6.07 Å². The van der Waals surface area contributed by atoms with Gasteiger partial charge >= 0.3 is 11.7 Å². The highest BCUT2D eigenvalue weighted by Crippen LogP contribution is 2.30. The number of amides is 1. The molecule has 0 saturated carbocycles. The molecule has 0 spiro atoms. The number of nitro benzene ring substituents is 1. The second kappa shape index (κ2) is 7.08. The molecule has 0 aliphatic rings. The maximum atomic E-state index is 11.6. The van der Waals surface area contributed by atoms with E-state index >= 15 is 0 Å². The Morgan fingerprint density at radius 1 is 1.43 bits per heavy atom. The Balaban J connectivity index is 2.70. The molecular formula is C12H14N2O7. The highest BCUT2D eigenvalue weighted by molar-refractivity contribution is 5.82. The van der Waals surface area contributed by atoms with Crippen LogP contribution in [0.25, 0.3) is 0 Å². The Morgan fingerprint density at radius 3 is 2.62 bits per heavy atom. The minimum absolute atomic E-state index is 0.00356. The topological polar surface area (TPSA) is 119 Å². The van der Waals surface area contributed by atoms with Gasteiger partial charge in [0.2, 0.25) is 5.75 Å². The van der Waals surface area contributed by atoms with Crippen molar-refractivity contribution in [1.29, 1.82) is 0 Å². The molecule has 1 aromatic rings. The first-order chi connectivity index (χ1) is 9.85. The van der Waals surface area contributed by atoms with Crippen LogP contribution in [0.3, 0.4) is 0 Å². The number of carbonyl (C=O) groups is 2. The predicted octanol–water partition coefficient (Wildman–Crippen LogP) is 0.525. The van der Waals surface area contributed by atoms with Gasteiger partial charge in [-0.2, -0.15) is 0 Å². The van der Waals surface area contributed by atoms with Crippen LogP contribution in [-0.4, -0.2) is 54.1 Å². The van der Waals surface area contributed by atoms with Crippen LogP contribution >= 0.6 is 0 Å². The average molecular weight is 298 g/mol. The molecule has 0 unspecified atom stereocenters. The van der Waals surface area contributed by atoms with E-state index < -0.39 is 23.3 Å². The van der Waals surface area contributed by atoms with Crippen molar-refractivity contribution in [2.45, 2.75) is 0 Å². The quantitative estimate of drug-likeness (QED) is 0.575. The summed E-state index contributed by atoms with van der Waals surface area (Å²) in [7, 11) is 2.61. The molecule has 1 aromatic carbocycles. The molecule has 9 heteroatoms. The number of aliphatic carboxylic acids is 1. The minimum Gasteiger partial charge on any atom is -0.490 e. The monoisotopic (exact) mass is 298 g/mol. The van der Waals surface area contributed by atoms with Gasteiger partial charge in [-0.3, -0.25) is 19.7 Å². The highest BCUT2D eigenvalue weighted by Gasteiger charge is 2.17. The van der Waals surface area contributed by atoms with Crippen molar-refractivity contribution in [3.8, 4) is 11.5 Å². The van der Waals surface area contributed by atoms with Gasteiger partial charge in [0.1, 0.15) is 12.3 Å². The van der Waals surface area contributed by atoms with Crippen molar-refractivity contribution in [1.82, 2.24) is 4.90 Å². The van der Waals surface area contributed by atoms with Crippen LogP contribution in [-0.2, 0) is 9.59 Å². The first kappa shape index (κ1) is 16.2. The predicted molar refractivity (Wildman–Crippen MR) is 70.4 cm³/mol. The molecule has 114 valence electrons. The van der Waals surface area contributed by atoms with Crippen LogP contribution in [0.5, 0.6) is 11.5 Å². The molecule has 0 saturated heterocycles. The number of rotatable bonds is 7. The number of carbonyl (C=O) groups excluding carboxylic acids is 1. The smallest absolute Gasteiger partial charge is 0.323 e. The molecule has 21 heavy (non-hydrogen) atoms. The summed E-state index contributed by atoms with van der Waals surface area (Å²) in [4.78, 5) is 33.1. The lowest BCUT2D eigenvalue weighted by Gasteiger charge is -2.15. The standard InChI is InChI=1S/C12H14N2O7/c1-13(6-12(16)17)11(15)7-21-8-3-4-9(14(18)19)10(5-8)20-2/h3-5H,6-7H2,1-2H3,(H,16,17). The maximum absolute atomic E-state index is 11.6. The molecule has 0 radical (unpaired) electrons. The summed E-state index contributed by atoms with van der Waals surface area (Å²) in [6.45, 7) is -0.823. The van der Waals surface area contributed by atoms with E-state index in [2.05, 4.69) is 0 Å². The van der Waals surface area contributed by atoms with Gasteiger partial charge in [0, 0.05) is 19.2 Å². The Hall–Kier alpha value is -2.84. The summed E-state index contributed by atoms with van der Waals surface area (Å²) in [5.74, 6) is -1.46. The molecule has 0 aliphatic carbocycles. The van der Waals surface area contributed by atoms with Crippen molar-refractivity contribution in [3.05, 3.63) is 28.3 Å². The SMILES string of the molecule is COc1cc(OCC(=O)N(C)CC(=O)O)ccc1[N+](=O)[O-]. The van der Waals surface area contributed by atoms with Crippen LogP contribution in [0.4, 0.5) is 5.69 Å². The molecular weight excluding hydrogens is 284 g/mol. The summed E-state index contributed by atoms with van der Waals surface area (Å²) >= 11 is 0. The second-order valence-electron chi connectivity index (χ2n) is 4.02. The lowest BCUT2D eigenvalue weighted by Crippen LogP contribution is -2.35. The van der Waals surface area contributed by atoms with E-state index in [1.165, 1.54) is 32.4 Å². The van der Waals surface area contributed by atoms with Gasteiger partial charge in [0.05, 0.1) is 12.0 Å². The number of nitro groups is 1. The summed E-state index contributed by atoms with van der Waals surface area (Å²) in [5, 5.41) is 19.3. The molecule has 0 aromatic heterocycles. The van der Waals surface area contributed by atoms with E-state index in [9.17, 15) is 19.7 Å². The third-order valence-corrected chi connectivity index (χ3v) is 2.51. The van der Waals surface area contributed by atoms with Crippen LogP contribution < -0.4 is 9.47 Å². The molecule has 1 N–H and O–H groups in total. The van der Waals surface area contributed by atoms with Crippen molar-refractivity contribution in [2.24, 2.45) is 0 Å². The highest BCUT2D eigenvalue weighted by atomic mass is 16.6. The van der Waals surface area contributed by atoms with E-state index in [1.54, 1.807) is 0 Å². The Bertz CT molecular complexity index is 559. The largest absolute Gasteiger partial charge is 0.490 e. The number of carboxylic acids is 1. The van der Waals surface area contributed by atoms with Crippen molar-refractivity contribution in [2.75, 3.05) is 27.3 Å². The van der Waals surface area contributed by atoms with Gasteiger partial charge < -0.3 is 19.5 Å². The van der Waals surface area contributed by atoms with E-state index in [4.69, 9.17) is 14.6 Å². The van der Waals surface area contributed by atoms with Crippen LogP contribution in [0.2, 0.25) is 0 Å². The summed E-state index contributed by atoms with van der Waals surface area (Å²) in [6, 6.07) is 3.80. The minimum atomic E-state index is -1.14. The number of nitrogens with zero attached hydrogens (tertiary/aromatic N) is 2. The van der Waals surface area contributed by atoms with E-state index in [0.29, 0.717) is 0 Å². The van der Waals surface area contributed by atoms with Crippen LogP contribution in [0.1, 0.15) is 0 Å². The van der Waals surface area contributed by atoms with Crippen LogP contribution in [0, 0.1) is 10.1 Å². The molecule has 1 amide bonds. The van der Waals surface area contributed by atoms with E-state index in [-0.39, 0.29) is 23.8 Å². The zero-order valence-corrected chi connectivity index (χ0v) is 11.4. The first-order valence-corrected chi connectivity index (χ1v) is 5.76. The second-order valence-corrected chi connectivity index (χ2v) is 4.02. The third-order valence-electron chi connectivity index (χ3n) is 2.51. The number of likely N-dealkylation sites (N-methyl/N-ethyl adjacent to an activating group) is 1. The third kappa shape index (κ3) is 4.64. The summed E-state index contributed by atoms with van der Waals surface area (Å²) in [5.41, 5.74) is -0.223. The number of hydrogen-bond donors (Lipinski definition) is 1. The van der Waals surface area contributed by atoms with Gasteiger partial charge in [-0.1, -0.05) is 0 Å². The van der Waals surface area contributed by atoms with Gasteiger partial charge in [0.15, 0.2) is 6.61 Å². The van der Waals surface area contributed by atoms with Gasteiger partial charge in [0.25, 0.3) is 5.91 Å². The fraction of sp³-hybridized carbons (Fsp3) is 0.333. The molecule has 0 bridgehead atoms. The zero-order valence-electron chi connectivity index (χ0n) is 11.4. The summed E-state index contributed by atoms with van der Waals surface area (Å²) in [6.07, 6.45) is 0. The fourth-order valence-electron chi connectivity index (χ4n) is 1.44. The van der Waals surface area contributed by atoms with E-state index in [1.807, 2.05) is 0 Å². The molecule has 0 fully saturated rings. The first-order valence-electron chi connectivity index (χ1n) is 5.76. The Kier molecular flexibility index (Phi) is 5.47. The number of ether oxygens (including phenoxy) is 2. The number of carboxylic acid groups (broad SMARTS) is 1. The molecule has 0 aliphatic heterocycles. The van der Waals surface area contributed by atoms with Crippen molar-refractivity contribution < 1.29 is 29.1 Å². The molecule has 0 heterocycles. The number of methoxy groups -OCH3 is 1. The van der Waals surface area contributed by atoms with Gasteiger partial charge in [-0.25, -0.2) is 0 Å². The van der Waals surface area contributed by atoms with Crippen LogP contribution in [0.15, 0.2) is 18.2 Å². The summed E-state index contributed by atoms with van der Waals surface area (Å²) < 4.78 is 10.0. The number of hydrogen-bond acceptors (Lipinski definition) is 6. The molecule has 0 atom stereocenters.